The van der Waals surface area contributed by atoms with E-state index in [9.17, 15) is 18.3 Å². The second-order valence-electron chi connectivity index (χ2n) is 5.03. The van der Waals surface area contributed by atoms with Gasteiger partial charge in [-0.15, -0.1) is 0 Å². The van der Waals surface area contributed by atoms with E-state index in [0.717, 1.165) is 5.69 Å². The van der Waals surface area contributed by atoms with Gasteiger partial charge in [-0.2, -0.15) is 18.2 Å². The molecule has 1 N–H and O–H groups in total. The summed E-state index contributed by atoms with van der Waals surface area (Å²) in [6.45, 7) is 1.78. The smallest absolute Gasteiger partial charge is 0.382 e. The van der Waals surface area contributed by atoms with Gasteiger partial charge in [0.15, 0.2) is 0 Å². The average Bonchev–Trinajstić information content (AvgIpc) is 3.05. The lowest BCUT2D eigenvalue weighted by molar-refractivity contribution is -0.159. The summed E-state index contributed by atoms with van der Waals surface area (Å²) in [6.07, 6.45) is -2.69. The Morgan fingerprint density at radius 1 is 1.08 bits per heavy atom. The quantitative estimate of drug-likeness (QED) is 0.791. The van der Waals surface area contributed by atoms with E-state index >= 15 is 0 Å². The van der Waals surface area contributed by atoms with Gasteiger partial charge >= 0.3 is 12.1 Å². The van der Waals surface area contributed by atoms with Gasteiger partial charge in [-0.1, -0.05) is 29.4 Å². The highest BCUT2D eigenvalue weighted by atomic mass is 19.4. The van der Waals surface area contributed by atoms with Crippen LogP contribution in [0.25, 0.3) is 11.4 Å². The molecule has 0 aliphatic heterocycles. The van der Waals surface area contributed by atoms with Crippen LogP contribution in [0.2, 0.25) is 0 Å². The standard InChI is InChI=1S/C15H11F3N4O2/c1-8-6-20-11(7-19-8)12(23)9-2-4-10(5-3-9)13-21-14(24-22-13)15(16,17)18/h2-7,12,23H,1H3. The first-order valence-corrected chi connectivity index (χ1v) is 6.82. The number of benzene rings is 1. The van der Waals surface area contributed by atoms with E-state index in [2.05, 4.69) is 24.6 Å². The first kappa shape index (κ1) is 16.1. The lowest BCUT2D eigenvalue weighted by atomic mass is 10.0. The van der Waals surface area contributed by atoms with Crippen LogP contribution in [0.1, 0.15) is 28.9 Å². The molecule has 1 atom stereocenters. The van der Waals surface area contributed by atoms with Crippen molar-refractivity contribution in [3.63, 3.8) is 0 Å². The number of rotatable bonds is 3. The molecule has 1 aromatic carbocycles. The third-order valence-corrected chi connectivity index (χ3v) is 3.23. The van der Waals surface area contributed by atoms with Crippen molar-refractivity contribution in [2.24, 2.45) is 0 Å². The van der Waals surface area contributed by atoms with E-state index < -0.39 is 18.2 Å². The molecular weight excluding hydrogens is 325 g/mol. The Hall–Kier alpha value is -2.81. The van der Waals surface area contributed by atoms with Crippen LogP contribution in [-0.4, -0.2) is 25.2 Å². The Morgan fingerprint density at radius 3 is 2.33 bits per heavy atom. The van der Waals surface area contributed by atoms with Crippen molar-refractivity contribution in [3.05, 3.63) is 59.5 Å². The minimum absolute atomic E-state index is 0.182. The van der Waals surface area contributed by atoms with Gasteiger partial charge < -0.3 is 9.63 Å². The molecule has 0 saturated heterocycles. The zero-order chi connectivity index (χ0) is 17.3. The van der Waals surface area contributed by atoms with Crippen LogP contribution in [0.15, 0.2) is 41.2 Å². The molecule has 6 nitrogen and oxygen atoms in total. The number of alkyl halides is 3. The molecule has 3 aromatic rings. The van der Waals surface area contributed by atoms with Crippen LogP contribution in [-0.2, 0) is 6.18 Å². The molecule has 0 aliphatic rings. The number of aliphatic hydroxyl groups excluding tert-OH is 1. The monoisotopic (exact) mass is 336 g/mol. The molecule has 2 aromatic heterocycles. The molecule has 124 valence electrons. The molecule has 0 radical (unpaired) electrons. The van der Waals surface area contributed by atoms with Gasteiger partial charge in [0.2, 0.25) is 5.82 Å². The minimum Gasteiger partial charge on any atom is -0.382 e. The summed E-state index contributed by atoms with van der Waals surface area (Å²) < 4.78 is 41.6. The van der Waals surface area contributed by atoms with Crippen LogP contribution in [0.5, 0.6) is 0 Å². The summed E-state index contributed by atoms with van der Waals surface area (Å²) in [6, 6.07) is 6.08. The molecule has 24 heavy (non-hydrogen) atoms. The van der Waals surface area contributed by atoms with Gasteiger partial charge in [-0.05, 0) is 12.5 Å². The number of hydrogen-bond donors (Lipinski definition) is 1. The van der Waals surface area contributed by atoms with Crippen molar-refractivity contribution in [3.8, 4) is 11.4 Å². The van der Waals surface area contributed by atoms with Gasteiger partial charge in [0.1, 0.15) is 6.10 Å². The Bertz CT molecular complexity index is 829. The molecule has 2 heterocycles. The highest BCUT2D eigenvalue weighted by molar-refractivity contribution is 5.55. The largest absolute Gasteiger partial charge is 0.471 e. The zero-order valence-corrected chi connectivity index (χ0v) is 12.3. The molecule has 0 aliphatic carbocycles. The first-order chi connectivity index (χ1) is 11.3. The van der Waals surface area contributed by atoms with Crippen molar-refractivity contribution in [2.45, 2.75) is 19.2 Å². The lowest BCUT2D eigenvalue weighted by Gasteiger charge is -2.10. The fraction of sp³-hybridized carbons (Fsp3) is 0.200. The molecule has 0 bridgehead atoms. The topological polar surface area (TPSA) is 84.9 Å². The Morgan fingerprint density at radius 2 is 1.79 bits per heavy atom. The van der Waals surface area contributed by atoms with E-state index in [-0.39, 0.29) is 5.82 Å². The van der Waals surface area contributed by atoms with Crippen molar-refractivity contribution in [1.29, 1.82) is 0 Å². The fourth-order valence-electron chi connectivity index (χ4n) is 1.98. The number of halogens is 3. The van der Waals surface area contributed by atoms with E-state index in [1.165, 1.54) is 24.5 Å². The molecule has 9 heteroatoms. The molecule has 0 fully saturated rings. The third-order valence-electron chi connectivity index (χ3n) is 3.23. The van der Waals surface area contributed by atoms with Gasteiger partial charge in [0, 0.05) is 11.8 Å². The van der Waals surface area contributed by atoms with Crippen molar-refractivity contribution < 1.29 is 22.8 Å². The highest BCUT2D eigenvalue weighted by Crippen LogP contribution is 2.30. The predicted octanol–water partition coefficient (Wildman–Crippen LogP) is 2.94. The second kappa shape index (κ2) is 6.00. The van der Waals surface area contributed by atoms with Crippen LogP contribution >= 0.6 is 0 Å². The summed E-state index contributed by atoms with van der Waals surface area (Å²) in [4.78, 5) is 11.5. The fourth-order valence-corrected chi connectivity index (χ4v) is 1.98. The number of nitrogens with zero attached hydrogens (tertiary/aromatic N) is 4. The van der Waals surface area contributed by atoms with Crippen LogP contribution < -0.4 is 0 Å². The summed E-state index contributed by atoms with van der Waals surface area (Å²) in [5, 5.41) is 13.6. The van der Waals surface area contributed by atoms with Crippen LogP contribution in [0.4, 0.5) is 13.2 Å². The van der Waals surface area contributed by atoms with E-state index in [4.69, 9.17) is 0 Å². The van der Waals surface area contributed by atoms with E-state index in [1.807, 2.05) is 0 Å². The molecular formula is C15H11F3N4O2. The number of aliphatic hydroxyl groups is 1. The highest BCUT2D eigenvalue weighted by Gasteiger charge is 2.38. The molecule has 0 saturated carbocycles. The Kier molecular flexibility index (Phi) is 4.02. The molecule has 0 amide bonds. The normalized spacial score (nSPS) is 13.0. The summed E-state index contributed by atoms with van der Waals surface area (Å²) in [5.74, 6) is -1.59. The van der Waals surface area contributed by atoms with E-state index in [1.54, 1.807) is 19.1 Å². The molecule has 1 unspecified atom stereocenters. The van der Waals surface area contributed by atoms with Crippen molar-refractivity contribution in [2.75, 3.05) is 0 Å². The van der Waals surface area contributed by atoms with Gasteiger partial charge in [-0.25, -0.2) is 0 Å². The molecule has 0 spiro atoms. The molecule has 3 rings (SSSR count). The maximum atomic E-state index is 12.5. The second-order valence-corrected chi connectivity index (χ2v) is 5.03. The Balaban J connectivity index is 1.82. The summed E-state index contributed by atoms with van der Waals surface area (Å²) in [7, 11) is 0. The van der Waals surface area contributed by atoms with Gasteiger partial charge in [0.05, 0.1) is 17.6 Å². The first-order valence-electron chi connectivity index (χ1n) is 6.82. The van der Waals surface area contributed by atoms with Gasteiger partial charge in [0.25, 0.3) is 0 Å². The Labute approximate surface area is 134 Å². The maximum Gasteiger partial charge on any atom is 0.471 e. The van der Waals surface area contributed by atoms with Crippen LogP contribution in [0, 0.1) is 6.92 Å². The van der Waals surface area contributed by atoms with Gasteiger partial charge in [-0.3, -0.25) is 9.97 Å². The maximum absolute atomic E-state index is 12.5. The minimum atomic E-state index is -4.69. The third kappa shape index (κ3) is 3.25. The predicted molar refractivity (Wildman–Crippen MR) is 75.6 cm³/mol. The lowest BCUT2D eigenvalue weighted by Crippen LogP contribution is -2.05. The number of aromatic nitrogens is 4. The average molecular weight is 336 g/mol. The SMILES string of the molecule is Cc1cnc(C(O)c2ccc(-c3noc(C(F)(F)F)n3)cc2)cn1. The number of hydrogen-bond acceptors (Lipinski definition) is 6. The van der Waals surface area contributed by atoms with E-state index in [0.29, 0.717) is 16.8 Å². The summed E-state index contributed by atoms with van der Waals surface area (Å²) >= 11 is 0. The summed E-state index contributed by atoms with van der Waals surface area (Å²) in [5.41, 5.74) is 1.93. The van der Waals surface area contributed by atoms with Crippen LogP contribution in [0.3, 0.4) is 0 Å². The number of aryl methyl sites for hydroxylation is 1. The van der Waals surface area contributed by atoms with Crippen molar-refractivity contribution >= 4 is 0 Å². The van der Waals surface area contributed by atoms with Crippen molar-refractivity contribution in [1.82, 2.24) is 20.1 Å². The zero-order valence-electron chi connectivity index (χ0n) is 12.3.